The molecule has 0 aliphatic heterocycles. The lowest BCUT2D eigenvalue weighted by atomic mass is 10.1. The van der Waals surface area contributed by atoms with Gasteiger partial charge in [0, 0.05) is 53.2 Å². The van der Waals surface area contributed by atoms with Gasteiger partial charge in [-0.25, -0.2) is 4.98 Å². The number of ether oxygens (including phenoxy) is 1. The summed E-state index contributed by atoms with van der Waals surface area (Å²) in [6.07, 6.45) is 6.64. The fourth-order valence-electron chi connectivity index (χ4n) is 3.37. The van der Waals surface area contributed by atoms with Crippen molar-refractivity contribution in [2.75, 3.05) is 10.6 Å². The molecule has 3 heterocycles. The number of nitrogens with zero attached hydrogens (tertiary/aromatic N) is 3. The molecule has 7 heteroatoms. The molecule has 2 N–H and O–H groups in total. The molecule has 7 nitrogen and oxygen atoms in total. The summed E-state index contributed by atoms with van der Waals surface area (Å²) < 4.78 is 5.78. The van der Waals surface area contributed by atoms with Crippen LogP contribution in [0.4, 0.5) is 17.2 Å². The van der Waals surface area contributed by atoms with Crippen molar-refractivity contribution in [3.8, 4) is 11.5 Å². The molecule has 0 aliphatic carbocycles. The number of benzene rings is 2. The van der Waals surface area contributed by atoms with E-state index < -0.39 is 0 Å². The molecule has 3 aromatic heterocycles. The predicted molar refractivity (Wildman–Crippen MR) is 128 cm³/mol. The second-order valence-corrected chi connectivity index (χ2v) is 7.20. The molecule has 33 heavy (non-hydrogen) atoms. The van der Waals surface area contributed by atoms with Gasteiger partial charge >= 0.3 is 0 Å². The first-order chi connectivity index (χ1) is 16.2. The van der Waals surface area contributed by atoms with Gasteiger partial charge < -0.3 is 15.4 Å². The highest BCUT2D eigenvalue weighted by Crippen LogP contribution is 2.26. The van der Waals surface area contributed by atoms with Gasteiger partial charge in [-0.2, -0.15) is 0 Å². The van der Waals surface area contributed by atoms with Gasteiger partial charge in [-0.1, -0.05) is 24.3 Å². The fourth-order valence-corrected chi connectivity index (χ4v) is 3.37. The number of hydrogen-bond donors (Lipinski definition) is 2. The Balaban J connectivity index is 1.32. The van der Waals surface area contributed by atoms with E-state index in [0.29, 0.717) is 22.9 Å². The van der Waals surface area contributed by atoms with Gasteiger partial charge in [-0.3, -0.25) is 14.8 Å². The molecule has 1 amide bonds. The number of amides is 1. The van der Waals surface area contributed by atoms with Crippen molar-refractivity contribution in [1.29, 1.82) is 0 Å². The largest absolute Gasteiger partial charge is 0.457 e. The number of nitrogens with one attached hydrogen (secondary N) is 2. The monoisotopic (exact) mass is 433 g/mol. The lowest BCUT2D eigenvalue weighted by Crippen LogP contribution is -2.13. The van der Waals surface area contributed by atoms with Crippen molar-refractivity contribution in [3.05, 3.63) is 109 Å². The molecule has 0 saturated carbocycles. The third-order valence-electron chi connectivity index (χ3n) is 4.91. The number of rotatable bonds is 6. The third-order valence-corrected chi connectivity index (χ3v) is 4.91. The summed E-state index contributed by atoms with van der Waals surface area (Å²) >= 11 is 0. The number of pyridine rings is 3. The van der Waals surface area contributed by atoms with Crippen molar-refractivity contribution in [2.45, 2.75) is 0 Å². The number of fused-ring (bicyclic) bond motifs is 1. The number of anilines is 3. The number of aromatic nitrogens is 3. The van der Waals surface area contributed by atoms with Gasteiger partial charge in [0.05, 0.1) is 5.52 Å². The Bertz CT molecular complexity index is 1420. The smallest absolute Gasteiger partial charge is 0.256 e. The second kappa shape index (κ2) is 9.15. The fraction of sp³-hybridized carbons (Fsp3) is 0. The first-order valence-corrected chi connectivity index (χ1v) is 10.3. The first kappa shape index (κ1) is 20.1. The van der Waals surface area contributed by atoms with Crippen LogP contribution in [0, 0.1) is 0 Å². The van der Waals surface area contributed by atoms with Gasteiger partial charge in [0.15, 0.2) is 0 Å². The van der Waals surface area contributed by atoms with Crippen LogP contribution in [0.3, 0.4) is 0 Å². The van der Waals surface area contributed by atoms with Crippen LogP contribution in [0.1, 0.15) is 10.4 Å². The van der Waals surface area contributed by atoms with Crippen LogP contribution in [0.25, 0.3) is 10.9 Å². The molecule has 5 rings (SSSR count). The maximum Gasteiger partial charge on any atom is 0.256 e. The SMILES string of the molecule is O=C(Nc1cc(Oc2ccncc2)ccn1)c1cccc(Nc2ccnc3ccccc23)c1. The molecule has 0 aliphatic rings. The van der Waals surface area contributed by atoms with Gasteiger partial charge in [-0.15, -0.1) is 0 Å². The number of carbonyl (C=O) groups is 1. The maximum atomic E-state index is 12.9. The Hall–Kier alpha value is -4.78. The molecule has 5 aromatic rings. The van der Waals surface area contributed by atoms with E-state index in [1.807, 2.05) is 42.5 Å². The lowest BCUT2D eigenvalue weighted by molar-refractivity contribution is 0.102. The summed E-state index contributed by atoms with van der Waals surface area (Å²) in [6.45, 7) is 0. The first-order valence-electron chi connectivity index (χ1n) is 10.3. The highest BCUT2D eigenvalue weighted by atomic mass is 16.5. The minimum Gasteiger partial charge on any atom is -0.457 e. The number of carbonyl (C=O) groups excluding carboxylic acids is 1. The number of para-hydroxylation sites is 1. The van der Waals surface area contributed by atoms with E-state index in [4.69, 9.17) is 4.74 Å². The van der Waals surface area contributed by atoms with Gasteiger partial charge in [0.25, 0.3) is 5.91 Å². The van der Waals surface area contributed by atoms with Crippen molar-refractivity contribution in [3.63, 3.8) is 0 Å². The molecule has 2 aromatic carbocycles. The zero-order valence-corrected chi connectivity index (χ0v) is 17.5. The van der Waals surface area contributed by atoms with E-state index in [1.54, 1.807) is 61.2 Å². The van der Waals surface area contributed by atoms with Crippen LogP contribution in [-0.2, 0) is 0 Å². The molecular weight excluding hydrogens is 414 g/mol. The van der Waals surface area contributed by atoms with Crippen LogP contribution in [0.2, 0.25) is 0 Å². The van der Waals surface area contributed by atoms with Crippen LogP contribution >= 0.6 is 0 Å². The Morgan fingerprint density at radius 2 is 1.58 bits per heavy atom. The second-order valence-electron chi connectivity index (χ2n) is 7.20. The molecule has 0 radical (unpaired) electrons. The van der Waals surface area contributed by atoms with Gasteiger partial charge in [-0.05, 0) is 48.5 Å². The minimum atomic E-state index is -0.271. The van der Waals surface area contributed by atoms with Crippen LogP contribution in [0.15, 0.2) is 104 Å². The summed E-state index contributed by atoms with van der Waals surface area (Å²) in [5.74, 6) is 1.33. The molecule has 160 valence electrons. The van der Waals surface area contributed by atoms with E-state index >= 15 is 0 Å². The quantitative estimate of drug-likeness (QED) is 0.351. The predicted octanol–water partition coefficient (Wildman–Crippen LogP) is 5.81. The maximum absolute atomic E-state index is 12.9. The van der Waals surface area contributed by atoms with Crippen LogP contribution in [-0.4, -0.2) is 20.9 Å². The molecule has 0 unspecified atom stereocenters. The molecule has 0 spiro atoms. The number of hydrogen-bond acceptors (Lipinski definition) is 6. The summed E-state index contributed by atoms with van der Waals surface area (Å²) in [7, 11) is 0. The van der Waals surface area contributed by atoms with E-state index in [9.17, 15) is 4.79 Å². The van der Waals surface area contributed by atoms with Gasteiger partial charge in [0.1, 0.15) is 17.3 Å². The summed E-state index contributed by atoms with van der Waals surface area (Å²) in [6, 6.07) is 24.0. The van der Waals surface area contributed by atoms with Gasteiger partial charge in [0.2, 0.25) is 0 Å². The van der Waals surface area contributed by atoms with Crippen molar-refractivity contribution >= 4 is 34.0 Å². The zero-order valence-electron chi connectivity index (χ0n) is 17.5. The van der Waals surface area contributed by atoms with E-state index in [1.165, 1.54) is 0 Å². The molecule has 0 saturated heterocycles. The summed E-state index contributed by atoms with van der Waals surface area (Å²) in [5.41, 5.74) is 3.11. The molecule has 0 bridgehead atoms. The van der Waals surface area contributed by atoms with E-state index in [2.05, 4.69) is 25.6 Å². The lowest BCUT2D eigenvalue weighted by Gasteiger charge is -2.11. The van der Waals surface area contributed by atoms with E-state index in [0.717, 1.165) is 22.3 Å². The zero-order chi connectivity index (χ0) is 22.5. The standard InChI is InChI=1S/C26H19N5O2/c32-26(31-25-17-21(10-14-29-25)33-20-8-12-27-13-9-20)18-4-3-5-19(16-18)30-24-11-15-28-23-7-2-1-6-22(23)24/h1-17H,(H,28,30)(H,29,31,32). The Morgan fingerprint density at radius 3 is 2.48 bits per heavy atom. The van der Waals surface area contributed by atoms with E-state index in [-0.39, 0.29) is 5.91 Å². The Morgan fingerprint density at radius 1 is 0.758 bits per heavy atom. The summed E-state index contributed by atoms with van der Waals surface area (Å²) in [5, 5.41) is 7.21. The van der Waals surface area contributed by atoms with Crippen LogP contribution < -0.4 is 15.4 Å². The highest BCUT2D eigenvalue weighted by Gasteiger charge is 2.10. The Labute approximate surface area is 190 Å². The van der Waals surface area contributed by atoms with Crippen LogP contribution in [0.5, 0.6) is 11.5 Å². The molecule has 0 atom stereocenters. The summed E-state index contributed by atoms with van der Waals surface area (Å²) in [4.78, 5) is 25.4. The Kier molecular flexibility index (Phi) is 5.59. The van der Waals surface area contributed by atoms with Crippen molar-refractivity contribution in [2.24, 2.45) is 0 Å². The normalized spacial score (nSPS) is 10.5. The van der Waals surface area contributed by atoms with Crippen molar-refractivity contribution < 1.29 is 9.53 Å². The minimum absolute atomic E-state index is 0.271. The third kappa shape index (κ3) is 4.77. The molecular formula is C26H19N5O2. The molecule has 0 fully saturated rings. The average molecular weight is 433 g/mol. The topological polar surface area (TPSA) is 89.0 Å². The average Bonchev–Trinajstić information content (AvgIpc) is 2.85. The highest BCUT2D eigenvalue weighted by molar-refractivity contribution is 6.04. The van der Waals surface area contributed by atoms with Crippen molar-refractivity contribution in [1.82, 2.24) is 15.0 Å².